The quantitative estimate of drug-likeness (QED) is 0.542. The molecule has 0 aromatic rings. The molecule has 3 aliphatic carbocycles. The molecule has 4 atom stereocenters. The first-order valence-electron chi connectivity index (χ1n) is 7.65. The van der Waals surface area contributed by atoms with Gasteiger partial charge in [-0.05, 0) is 43.9 Å². The van der Waals surface area contributed by atoms with Gasteiger partial charge < -0.3 is 0 Å². The molecule has 0 saturated heterocycles. The lowest BCUT2D eigenvalue weighted by Crippen LogP contribution is -2.31. The second kappa shape index (κ2) is 4.63. The fraction of sp³-hybridized carbons (Fsp3) is 0.765. The topological polar surface area (TPSA) is 0 Å². The minimum Gasteiger partial charge on any atom is -0.0661 e. The first kappa shape index (κ1) is 11.6. The van der Waals surface area contributed by atoms with Crippen LogP contribution in [0.3, 0.4) is 0 Å². The van der Waals surface area contributed by atoms with Crippen molar-refractivity contribution in [3.05, 3.63) is 23.3 Å². The molecule has 4 unspecified atom stereocenters. The van der Waals surface area contributed by atoms with E-state index in [1.54, 1.807) is 5.57 Å². The Bertz CT molecular complexity index is 347. The highest BCUT2D eigenvalue weighted by Gasteiger charge is 2.37. The summed E-state index contributed by atoms with van der Waals surface area (Å²) in [4.78, 5) is 0. The zero-order chi connectivity index (χ0) is 11.8. The van der Waals surface area contributed by atoms with Crippen molar-refractivity contribution < 1.29 is 0 Å². The predicted octanol–water partition coefficient (Wildman–Crippen LogP) is 5.12. The fourth-order valence-electron chi connectivity index (χ4n) is 4.61. The molecule has 3 aliphatic rings. The van der Waals surface area contributed by atoms with E-state index in [-0.39, 0.29) is 0 Å². The van der Waals surface area contributed by atoms with Crippen molar-refractivity contribution in [2.24, 2.45) is 23.7 Å². The molecule has 2 fully saturated rings. The third-order valence-electron chi connectivity index (χ3n) is 5.62. The van der Waals surface area contributed by atoms with E-state index in [1.807, 2.05) is 5.57 Å². The van der Waals surface area contributed by atoms with Gasteiger partial charge in [-0.2, -0.15) is 0 Å². The van der Waals surface area contributed by atoms with Crippen molar-refractivity contribution >= 4 is 0 Å². The van der Waals surface area contributed by atoms with Crippen molar-refractivity contribution in [3.63, 3.8) is 0 Å². The maximum atomic E-state index is 2.50. The molecule has 0 radical (unpaired) electrons. The van der Waals surface area contributed by atoms with Crippen molar-refractivity contribution in [3.8, 4) is 0 Å². The molecule has 0 aliphatic heterocycles. The maximum Gasteiger partial charge on any atom is 0.00133 e. The van der Waals surface area contributed by atoms with Crippen LogP contribution in [-0.4, -0.2) is 0 Å². The van der Waals surface area contributed by atoms with Gasteiger partial charge in [0.15, 0.2) is 0 Å². The average Bonchev–Trinajstić information content (AvgIpc) is 2.63. The number of hydrogen-bond acceptors (Lipinski definition) is 0. The average molecular weight is 230 g/mol. The van der Waals surface area contributed by atoms with Crippen LogP contribution in [0.1, 0.15) is 58.8 Å². The molecule has 0 spiro atoms. The molecule has 3 rings (SSSR count). The lowest BCUT2D eigenvalue weighted by Gasteiger charge is -2.41. The predicted molar refractivity (Wildman–Crippen MR) is 73.8 cm³/mol. The third kappa shape index (κ3) is 2.00. The Labute approximate surface area is 106 Å². The zero-order valence-electron chi connectivity index (χ0n) is 11.4. The van der Waals surface area contributed by atoms with Gasteiger partial charge in [0.2, 0.25) is 0 Å². The molecule has 0 aromatic carbocycles. The third-order valence-corrected chi connectivity index (χ3v) is 5.62. The summed E-state index contributed by atoms with van der Waals surface area (Å²) in [6.45, 7) is 4.85. The first-order chi connectivity index (χ1) is 8.27. The monoisotopic (exact) mass is 230 g/mol. The summed E-state index contributed by atoms with van der Waals surface area (Å²) >= 11 is 0. The Morgan fingerprint density at radius 3 is 2.65 bits per heavy atom. The molecule has 2 saturated carbocycles. The largest absolute Gasteiger partial charge is 0.0661 e. The SMILES string of the molecule is CC1=CC=C2C1CCCCC1C(C)CCCC21. The summed E-state index contributed by atoms with van der Waals surface area (Å²) in [5.74, 6) is 3.72. The molecular formula is C17H26. The molecule has 0 heterocycles. The standard InChI is InChI=1S/C17H26/c1-12-6-5-9-16-14(12)7-3-4-8-15-13(2)10-11-17(15)16/h10-12,14-16H,3-9H2,1-2H3. The fourth-order valence-corrected chi connectivity index (χ4v) is 4.61. The van der Waals surface area contributed by atoms with Crippen LogP contribution in [0.25, 0.3) is 0 Å². The van der Waals surface area contributed by atoms with Crippen molar-refractivity contribution in [1.82, 2.24) is 0 Å². The number of fused-ring (bicyclic) bond motifs is 3. The highest BCUT2D eigenvalue weighted by molar-refractivity contribution is 5.35. The van der Waals surface area contributed by atoms with Gasteiger partial charge >= 0.3 is 0 Å². The van der Waals surface area contributed by atoms with Gasteiger partial charge in [-0.15, -0.1) is 0 Å². The van der Waals surface area contributed by atoms with Gasteiger partial charge in [0.1, 0.15) is 0 Å². The molecule has 94 valence electrons. The summed E-state index contributed by atoms with van der Waals surface area (Å²) in [5.41, 5.74) is 3.46. The van der Waals surface area contributed by atoms with E-state index in [1.165, 1.54) is 44.9 Å². The van der Waals surface area contributed by atoms with Crippen LogP contribution in [-0.2, 0) is 0 Å². The van der Waals surface area contributed by atoms with Crippen LogP contribution in [0.15, 0.2) is 23.3 Å². The minimum atomic E-state index is 0.827. The van der Waals surface area contributed by atoms with Crippen molar-refractivity contribution in [1.29, 1.82) is 0 Å². The van der Waals surface area contributed by atoms with E-state index in [0.717, 1.165) is 23.7 Å². The van der Waals surface area contributed by atoms with E-state index in [0.29, 0.717) is 0 Å². The van der Waals surface area contributed by atoms with Crippen LogP contribution in [0.5, 0.6) is 0 Å². The van der Waals surface area contributed by atoms with E-state index in [2.05, 4.69) is 26.0 Å². The molecule has 0 heteroatoms. The normalized spacial score (nSPS) is 41.8. The van der Waals surface area contributed by atoms with Crippen LogP contribution in [0.4, 0.5) is 0 Å². The summed E-state index contributed by atoms with van der Waals surface area (Å²) < 4.78 is 0. The smallest absolute Gasteiger partial charge is 0.00133 e. The van der Waals surface area contributed by atoms with Gasteiger partial charge in [-0.25, -0.2) is 0 Å². The van der Waals surface area contributed by atoms with Crippen LogP contribution < -0.4 is 0 Å². The molecule has 0 nitrogen and oxygen atoms in total. The highest BCUT2D eigenvalue weighted by Crippen LogP contribution is 2.48. The molecule has 0 aromatic heterocycles. The Kier molecular flexibility index (Phi) is 3.15. The van der Waals surface area contributed by atoms with Gasteiger partial charge in [-0.1, -0.05) is 55.9 Å². The molecular weight excluding hydrogens is 204 g/mol. The van der Waals surface area contributed by atoms with Gasteiger partial charge in [-0.3, -0.25) is 0 Å². The minimum absolute atomic E-state index is 0.827. The summed E-state index contributed by atoms with van der Waals surface area (Å²) in [6, 6.07) is 0. The van der Waals surface area contributed by atoms with Gasteiger partial charge in [0.05, 0.1) is 0 Å². The molecule has 0 N–H and O–H groups in total. The van der Waals surface area contributed by atoms with E-state index < -0.39 is 0 Å². The maximum absolute atomic E-state index is 2.50. The second-order valence-electron chi connectivity index (χ2n) is 6.59. The van der Waals surface area contributed by atoms with Crippen LogP contribution >= 0.6 is 0 Å². The van der Waals surface area contributed by atoms with Crippen molar-refractivity contribution in [2.45, 2.75) is 58.8 Å². The Hall–Kier alpha value is -0.520. The Morgan fingerprint density at radius 1 is 0.941 bits per heavy atom. The number of rotatable bonds is 0. The summed E-state index contributed by atoms with van der Waals surface area (Å²) in [6.07, 6.45) is 15.1. The summed E-state index contributed by atoms with van der Waals surface area (Å²) in [7, 11) is 0. The Morgan fingerprint density at radius 2 is 1.76 bits per heavy atom. The Balaban J connectivity index is 1.87. The van der Waals surface area contributed by atoms with Gasteiger partial charge in [0, 0.05) is 5.92 Å². The number of hydrogen-bond donors (Lipinski definition) is 0. The first-order valence-corrected chi connectivity index (χ1v) is 7.65. The van der Waals surface area contributed by atoms with E-state index in [9.17, 15) is 0 Å². The second-order valence-corrected chi connectivity index (χ2v) is 6.59. The van der Waals surface area contributed by atoms with Crippen LogP contribution in [0, 0.1) is 23.7 Å². The summed E-state index contributed by atoms with van der Waals surface area (Å²) in [5, 5.41) is 0. The van der Waals surface area contributed by atoms with Gasteiger partial charge in [0.25, 0.3) is 0 Å². The molecule has 0 amide bonds. The van der Waals surface area contributed by atoms with Crippen molar-refractivity contribution in [2.75, 3.05) is 0 Å². The van der Waals surface area contributed by atoms with E-state index >= 15 is 0 Å². The van der Waals surface area contributed by atoms with Crippen LogP contribution in [0.2, 0.25) is 0 Å². The highest BCUT2D eigenvalue weighted by atomic mass is 14.4. The lowest BCUT2D eigenvalue weighted by molar-refractivity contribution is 0.159. The molecule has 17 heavy (non-hydrogen) atoms. The lowest BCUT2D eigenvalue weighted by atomic mass is 9.64. The molecule has 0 bridgehead atoms. The van der Waals surface area contributed by atoms with E-state index in [4.69, 9.17) is 0 Å². The zero-order valence-corrected chi connectivity index (χ0v) is 11.4. The number of allylic oxidation sites excluding steroid dienone is 4.